The van der Waals surface area contributed by atoms with E-state index in [4.69, 9.17) is 5.73 Å². The van der Waals surface area contributed by atoms with Crippen molar-refractivity contribution in [1.82, 2.24) is 4.90 Å². The summed E-state index contributed by atoms with van der Waals surface area (Å²) in [6.45, 7) is 1.46. The third-order valence-electron chi connectivity index (χ3n) is 4.31. The molecule has 0 aromatic heterocycles. The summed E-state index contributed by atoms with van der Waals surface area (Å²) in [6, 6.07) is 0. The van der Waals surface area contributed by atoms with Crippen molar-refractivity contribution in [2.75, 3.05) is 31.6 Å². The monoisotopic (exact) mass is 246 g/mol. The smallest absolute Gasteiger partial charge is 0.152 e. The average Bonchev–Trinajstić information content (AvgIpc) is 2.49. The Morgan fingerprint density at radius 2 is 2.12 bits per heavy atom. The maximum absolute atomic E-state index is 11.6. The van der Waals surface area contributed by atoms with Crippen LogP contribution in [-0.2, 0) is 9.84 Å². The van der Waals surface area contributed by atoms with Gasteiger partial charge in [0.25, 0.3) is 0 Å². The van der Waals surface area contributed by atoms with Crippen LogP contribution in [0.3, 0.4) is 0 Å². The second-order valence-corrected chi connectivity index (χ2v) is 7.63. The van der Waals surface area contributed by atoms with Gasteiger partial charge in [0.2, 0.25) is 0 Å². The van der Waals surface area contributed by atoms with Gasteiger partial charge in [-0.3, -0.25) is 4.90 Å². The molecule has 1 atom stereocenters. The van der Waals surface area contributed by atoms with Gasteiger partial charge in [-0.2, -0.15) is 0 Å². The van der Waals surface area contributed by atoms with Gasteiger partial charge in [-0.25, -0.2) is 8.42 Å². The highest BCUT2D eigenvalue weighted by Crippen LogP contribution is 2.33. The number of likely N-dealkylation sites (N-methyl/N-ethyl adjacent to an activating group) is 1. The molecular formula is C11H22N2O2S. The van der Waals surface area contributed by atoms with E-state index in [9.17, 15) is 8.42 Å². The highest BCUT2D eigenvalue weighted by atomic mass is 32.2. The average molecular weight is 246 g/mol. The van der Waals surface area contributed by atoms with E-state index in [0.717, 1.165) is 12.5 Å². The van der Waals surface area contributed by atoms with Gasteiger partial charge in [0.05, 0.1) is 11.5 Å². The van der Waals surface area contributed by atoms with Gasteiger partial charge in [0.1, 0.15) is 0 Å². The third-order valence-corrected chi connectivity index (χ3v) is 6.12. The van der Waals surface area contributed by atoms with Crippen molar-refractivity contribution in [1.29, 1.82) is 0 Å². The summed E-state index contributed by atoms with van der Waals surface area (Å²) in [7, 11) is -0.823. The molecular weight excluding hydrogens is 224 g/mol. The van der Waals surface area contributed by atoms with E-state index >= 15 is 0 Å². The number of rotatable bonds is 4. The number of hydrogen-bond donors (Lipinski definition) is 1. The van der Waals surface area contributed by atoms with Crippen LogP contribution in [0.2, 0.25) is 0 Å². The summed E-state index contributed by atoms with van der Waals surface area (Å²) in [5.74, 6) is 1.32. The van der Waals surface area contributed by atoms with E-state index in [1.54, 1.807) is 0 Å². The Morgan fingerprint density at radius 1 is 1.44 bits per heavy atom. The first-order valence-electron chi connectivity index (χ1n) is 6.09. The molecule has 16 heavy (non-hydrogen) atoms. The largest absolute Gasteiger partial charge is 0.329 e. The molecule has 0 radical (unpaired) electrons. The highest BCUT2D eigenvalue weighted by Gasteiger charge is 2.44. The quantitative estimate of drug-likeness (QED) is 0.771. The highest BCUT2D eigenvalue weighted by molar-refractivity contribution is 7.91. The van der Waals surface area contributed by atoms with Crippen molar-refractivity contribution in [3.63, 3.8) is 0 Å². The first-order chi connectivity index (χ1) is 7.47. The molecule has 1 heterocycles. The second-order valence-electron chi connectivity index (χ2n) is 5.45. The number of nitrogens with two attached hydrogens (primary N) is 1. The van der Waals surface area contributed by atoms with E-state index in [1.165, 1.54) is 19.3 Å². The molecule has 4 nitrogen and oxygen atoms in total. The molecule has 1 saturated heterocycles. The number of sulfone groups is 1. The van der Waals surface area contributed by atoms with E-state index in [-0.39, 0.29) is 11.3 Å². The van der Waals surface area contributed by atoms with Gasteiger partial charge >= 0.3 is 0 Å². The normalized spacial score (nSPS) is 34.2. The third kappa shape index (κ3) is 2.26. The summed E-state index contributed by atoms with van der Waals surface area (Å²) in [5, 5.41) is 0. The first-order valence-corrected chi connectivity index (χ1v) is 7.91. The molecule has 2 rings (SSSR count). The van der Waals surface area contributed by atoms with Gasteiger partial charge in [-0.15, -0.1) is 0 Å². The summed E-state index contributed by atoms with van der Waals surface area (Å²) in [6.07, 6.45) is 4.61. The van der Waals surface area contributed by atoms with Crippen molar-refractivity contribution in [2.45, 2.75) is 31.2 Å². The fourth-order valence-electron chi connectivity index (χ4n) is 2.77. The molecule has 1 saturated carbocycles. The molecule has 1 aliphatic carbocycles. The Hall–Kier alpha value is -0.130. The Kier molecular flexibility index (Phi) is 3.29. The summed E-state index contributed by atoms with van der Waals surface area (Å²) >= 11 is 0. The van der Waals surface area contributed by atoms with Gasteiger partial charge in [0.15, 0.2) is 9.84 Å². The van der Waals surface area contributed by atoms with Crippen molar-refractivity contribution in [3.05, 3.63) is 0 Å². The van der Waals surface area contributed by atoms with Gasteiger partial charge in [0, 0.05) is 18.6 Å². The second kappa shape index (κ2) is 4.27. The molecule has 1 aliphatic heterocycles. The lowest BCUT2D eigenvalue weighted by Gasteiger charge is -2.40. The minimum absolute atomic E-state index is 0.250. The zero-order valence-corrected chi connectivity index (χ0v) is 10.8. The van der Waals surface area contributed by atoms with Crippen LogP contribution in [0.5, 0.6) is 0 Å². The maximum Gasteiger partial charge on any atom is 0.152 e. The van der Waals surface area contributed by atoms with Crippen LogP contribution in [0.15, 0.2) is 0 Å². The van der Waals surface area contributed by atoms with Gasteiger partial charge in [-0.1, -0.05) is 6.42 Å². The summed E-state index contributed by atoms with van der Waals surface area (Å²) in [4.78, 5) is 2.21. The Bertz CT molecular complexity index is 351. The molecule has 0 spiro atoms. The molecule has 0 aromatic carbocycles. The van der Waals surface area contributed by atoms with Crippen molar-refractivity contribution in [3.8, 4) is 0 Å². The zero-order valence-electron chi connectivity index (χ0n) is 9.98. The Labute approximate surface area is 98.1 Å². The van der Waals surface area contributed by atoms with Crippen molar-refractivity contribution >= 4 is 9.84 Å². The van der Waals surface area contributed by atoms with Gasteiger partial charge < -0.3 is 5.73 Å². The number of nitrogens with zero attached hydrogens (tertiary/aromatic N) is 1. The van der Waals surface area contributed by atoms with E-state index in [1.807, 2.05) is 7.05 Å². The predicted molar refractivity (Wildman–Crippen MR) is 65.0 cm³/mol. The Balaban J connectivity index is 2.03. The summed E-state index contributed by atoms with van der Waals surface area (Å²) < 4.78 is 23.2. The fraction of sp³-hybridized carbons (Fsp3) is 1.00. The molecule has 0 amide bonds. The lowest BCUT2D eigenvalue weighted by Crippen LogP contribution is -2.54. The fourth-order valence-corrected chi connectivity index (χ4v) is 4.91. The lowest BCUT2D eigenvalue weighted by molar-refractivity contribution is 0.103. The summed E-state index contributed by atoms with van der Waals surface area (Å²) in [5.41, 5.74) is 5.54. The SMILES string of the molecule is CN(CC1CCC1)C1(CN)CCS(=O)(=O)C1. The minimum Gasteiger partial charge on any atom is -0.329 e. The van der Waals surface area contributed by atoms with Crippen LogP contribution in [-0.4, -0.2) is 50.5 Å². The van der Waals surface area contributed by atoms with Crippen LogP contribution in [0.1, 0.15) is 25.7 Å². The molecule has 0 bridgehead atoms. The van der Waals surface area contributed by atoms with Crippen molar-refractivity contribution in [2.24, 2.45) is 11.7 Å². The lowest BCUT2D eigenvalue weighted by atomic mass is 9.84. The van der Waals surface area contributed by atoms with Crippen LogP contribution in [0.4, 0.5) is 0 Å². The molecule has 0 aromatic rings. The van der Waals surface area contributed by atoms with Gasteiger partial charge in [-0.05, 0) is 32.2 Å². The van der Waals surface area contributed by atoms with E-state index < -0.39 is 9.84 Å². The molecule has 5 heteroatoms. The minimum atomic E-state index is -2.86. The topological polar surface area (TPSA) is 63.4 Å². The maximum atomic E-state index is 11.6. The molecule has 2 aliphatic rings. The van der Waals surface area contributed by atoms with Crippen LogP contribution >= 0.6 is 0 Å². The first kappa shape index (κ1) is 12.3. The zero-order chi connectivity index (χ0) is 11.8. The standard InChI is InChI=1S/C11H22N2O2S/c1-13(7-10-3-2-4-10)11(8-12)5-6-16(14,15)9-11/h10H,2-9,12H2,1H3. The van der Waals surface area contributed by atoms with E-state index in [2.05, 4.69) is 4.90 Å². The van der Waals surface area contributed by atoms with Crippen LogP contribution in [0.25, 0.3) is 0 Å². The van der Waals surface area contributed by atoms with Crippen LogP contribution in [0, 0.1) is 5.92 Å². The molecule has 2 fully saturated rings. The predicted octanol–water partition coefficient (Wildman–Crippen LogP) is 0.234. The Morgan fingerprint density at radius 3 is 2.50 bits per heavy atom. The molecule has 2 N–H and O–H groups in total. The molecule has 1 unspecified atom stereocenters. The van der Waals surface area contributed by atoms with Crippen LogP contribution < -0.4 is 5.73 Å². The van der Waals surface area contributed by atoms with Crippen molar-refractivity contribution < 1.29 is 8.42 Å². The van der Waals surface area contributed by atoms with E-state index in [0.29, 0.717) is 18.7 Å². The molecule has 94 valence electrons. The number of hydrogen-bond acceptors (Lipinski definition) is 4.